The van der Waals surface area contributed by atoms with Crippen LogP contribution in [0.15, 0.2) is 18.2 Å². The molecule has 1 heterocycles. The summed E-state index contributed by atoms with van der Waals surface area (Å²) in [6.45, 7) is 2.39. The van der Waals surface area contributed by atoms with Crippen molar-refractivity contribution in [2.45, 2.75) is 12.8 Å². The Morgan fingerprint density at radius 2 is 2.36 bits per heavy atom. The van der Waals surface area contributed by atoms with Crippen molar-refractivity contribution in [2.24, 2.45) is 0 Å². The van der Waals surface area contributed by atoms with E-state index in [1.807, 2.05) is 13.0 Å². The van der Waals surface area contributed by atoms with E-state index in [4.69, 9.17) is 10.5 Å². The van der Waals surface area contributed by atoms with Crippen LogP contribution in [0.3, 0.4) is 0 Å². The molecule has 14 heavy (non-hydrogen) atoms. The second-order valence-electron chi connectivity index (χ2n) is 3.47. The normalized spacial score (nSPS) is 20.4. The summed E-state index contributed by atoms with van der Waals surface area (Å²) < 4.78 is 4.95. The predicted octanol–water partition coefficient (Wildman–Crippen LogP) is 1.93. The van der Waals surface area contributed by atoms with Crippen molar-refractivity contribution in [1.29, 1.82) is 0 Å². The molecule has 74 valence electrons. The molecule has 4 nitrogen and oxygen atoms in total. The van der Waals surface area contributed by atoms with E-state index in [9.17, 15) is 4.79 Å². The third-order valence-corrected chi connectivity index (χ3v) is 2.31. The number of nitrogen functional groups attached to an aromatic ring is 1. The summed E-state index contributed by atoms with van der Waals surface area (Å²) in [5.41, 5.74) is 8.19. The maximum Gasteiger partial charge on any atom is 0.411 e. The minimum Gasteiger partial charge on any atom is -0.449 e. The van der Waals surface area contributed by atoms with Gasteiger partial charge >= 0.3 is 6.09 Å². The Balaban J connectivity index is 2.46. The number of nitrogens with one attached hydrogen (secondary N) is 1. The smallest absolute Gasteiger partial charge is 0.411 e. The van der Waals surface area contributed by atoms with E-state index < -0.39 is 6.09 Å². The van der Waals surface area contributed by atoms with Gasteiger partial charge in [-0.1, -0.05) is 6.92 Å². The zero-order valence-electron chi connectivity index (χ0n) is 7.91. The van der Waals surface area contributed by atoms with Crippen molar-refractivity contribution < 1.29 is 9.53 Å². The Bertz CT molecular complexity index is 376. The van der Waals surface area contributed by atoms with Gasteiger partial charge in [-0.25, -0.2) is 4.79 Å². The molecule has 0 bridgehead atoms. The molecule has 4 heteroatoms. The summed E-state index contributed by atoms with van der Waals surface area (Å²) in [6.07, 6.45) is -0.402. The number of anilines is 2. The maximum atomic E-state index is 11.1. The monoisotopic (exact) mass is 192 g/mol. The van der Waals surface area contributed by atoms with E-state index in [0.29, 0.717) is 12.3 Å². The highest BCUT2D eigenvalue weighted by Gasteiger charge is 2.19. The van der Waals surface area contributed by atoms with Crippen LogP contribution >= 0.6 is 0 Å². The van der Waals surface area contributed by atoms with Gasteiger partial charge in [-0.05, 0) is 23.8 Å². The fourth-order valence-corrected chi connectivity index (χ4v) is 1.54. The zero-order valence-corrected chi connectivity index (χ0v) is 7.91. The number of hydrogen-bond acceptors (Lipinski definition) is 3. The molecular formula is C10H12N2O2. The first kappa shape index (κ1) is 8.87. The van der Waals surface area contributed by atoms with E-state index in [-0.39, 0.29) is 5.92 Å². The Hall–Kier alpha value is -1.71. The SMILES string of the molecule is CC1COC(=O)Nc2ccc(N)cc21. The van der Waals surface area contributed by atoms with Gasteiger partial charge in [0.05, 0.1) is 6.61 Å². The molecule has 0 saturated carbocycles. The first-order chi connectivity index (χ1) is 6.66. The number of rotatable bonds is 0. The van der Waals surface area contributed by atoms with E-state index in [2.05, 4.69) is 5.32 Å². The summed E-state index contributed by atoms with van der Waals surface area (Å²) in [6, 6.07) is 5.43. The summed E-state index contributed by atoms with van der Waals surface area (Å²) >= 11 is 0. The molecule has 0 aliphatic carbocycles. The van der Waals surface area contributed by atoms with Crippen LogP contribution < -0.4 is 11.1 Å². The quantitative estimate of drug-likeness (QED) is 0.617. The Labute approximate surface area is 82.1 Å². The fraction of sp³-hybridized carbons (Fsp3) is 0.300. The highest BCUT2D eigenvalue weighted by molar-refractivity contribution is 5.87. The Kier molecular flexibility index (Phi) is 2.04. The minimum atomic E-state index is -0.402. The first-order valence-electron chi connectivity index (χ1n) is 4.50. The van der Waals surface area contributed by atoms with Gasteiger partial charge in [-0.3, -0.25) is 5.32 Å². The van der Waals surface area contributed by atoms with E-state index in [0.717, 1.165) is 11.3 Å². The lowest BCUT2D eigenvalue weighted by Crippen LogP contribution is -2.11. The molecule has 1 unspecified atom stereocenters. The third-order valence-electron chi connectivity index (χ3n) is 2.31. The molecule has 1 atom stereocenters. The Morgan fingerprint density at radius 3 is 3.14 bits per heavy atom. The number of carbonyl (C=O) groups is 1. The zero-order chi connectivity index (χ0) is 10.1. The van der Waals surface area contributed by atoms with Crippen LogP contribution in [-0.2, 0) is 4.74 Å². The number of nitrogens with two attached hydrogens (primary N) is 1. The van der Waals surface area contributed by atoms with Gasteiger partial charge in [-0.2, -0.15) is 0 Å². The number of fused-ring (bicyclic) bond motifs is 1. The molecule has 0 spiro atoms. The van der Waals surface area contributed by atoms with Gasteiger partial charge in [0.25, 0.3) is 0 Å². The molecule has 2 rings (SSSR count). The first-order valence-corrected chi connectivity index (χ1v) is 4.50. The molecule has 0 saturated heterocycles. The highest BCUT2D eigenvalue weighted by Crippen LogP contribution is 2.29. The topological polar surface area (TPSA) is 64.3 Å². The van der Waals surface area contributed by atoms with Gasteiger partial charge < -0.3 is 10.5 Å². The molecule has 1 aliphatic heterocycles. The van der Waals surface area contributed by atoms with Gasteiger partial charge in [0.15, 0.2) is 0 Å². The van der Waals surface area contributed by atoms with Crippen molar-refractivity contribution in [2.75, 3.05) is 17.7 Å². The van der Waals surface area contributed by atoms with Crippen molar-refractivity contribution >= 4 is 17.5 Å². The van der Waals surface area contributed by atoms with Crippen molar-refractivity contribution in [3.63, 3.8) is 0 Å². The Morgan fingerprint density at radius 1 is 1.57 bits per heavy atom. The van der Waals surface area contributed by atoms with Crippen molar-refractivity contribution in [1.82, 2.24) is 0 Å². The molecule has 1 amide bonds. The van der Waals surface area contributed by atoms with Crippen LogP contribution in [0.2, 0.25) is 0 Å². The summed E-state index contributed by atoms with van der Waals surface area (Å²) in [4.78, 5) is 11.1. The number of ether oxygens (including phenoxy) is 1. The van der Waals surface area contributed by atoms with Crippen LogP contribution in [0.4, 0.5) is 16.2 Å². The summed E-state index contributed by atoms with van der Waals surface area (Å²) in [7, 11) is 0. The van der Waals surface area contributed by atoms with Gasteiger partial charge in [-0.15, -0.1) is 0 Å². The highest BCUT2D eigenvalue weighted by atomic mass is 16.5. The molecule has 1 aromatic carbocycles. The molecule has 1 aromatic rings. The standard InChI is InChI=1S/C10H12N2O2/c1-6-5-14-10(13)12-9-3-2-7(11)4-8(6)9/h2-4,6H,5,11H2,1H3,(H,12,13). The number of hydrogen-bond donors (Lipinski definition) is 2. The van der Waals surface area contributed by atoms with E-state index in [1.54, 1.807) is 12.1 Å². The maximum absolute atomic E-state index is 11.1. The van der Waals surface area contributed by atoms with Gasteiger partial charge in [0.1, 0.15) is 0 Å². The second kappa shape index (κ2) is 3.21. The molecular weight excluding hydrogens is 180 g/mol. The fourth-order valence-electron chi connectivity index (χ4n) is 1.54. The minimum absolute atomic E-state index is 0.174. The number of amides is 1. The largest absolute Gasteiger partial charge is 0.449 e. The lowest BCUT2D eigenvalue weighted by atomic mass is 10.00. The lowest BCUT2D eigenvalue weighted by molar-refractivity contribution is 0.158. The molecule has 1 aliphatic rings. The van der Waals surface area contributed by atoms with Crippen molar-refractivity contribution in [3.05, 3.63) is 23.8 Å². The van der Waals surface area contributed by atoms with Crippen LogP contribution in [-0.4, -0.2) is 12.7 Å². The average molecular weight is 192 g/mol. The van der Waals surface area contributed by atoms with E-state index >= 15 is 0 Å². The molecule has 0 radical (unpaired) electrons. The summed E-state index contributed by atoms with van der Waals surface area (Å²) in [5.74, 6) is 0.174. The second-order valence-corrected chi connectivity index (χ2v) is 3.47. The lowest BCUT2D eigenvalue weighted by Gasteiger charge is -2.10. The average Bonchev–Trinajstić information content (AvgIpc) is 2.29. The van der Waals surface area contributed by atoms with Gasteiger partial charge in [0.2, 0.25) is 0 Å². The predicted molar refractivity (Wildman–Crippen MR) is 54.2 cm³/mol. The van der Waals surface area contributed by atoms with Crippen LogP contribution in [0.25, 0.3) is 0 Å². The van der Waals surface area contributed by atoms with Gasteiger partial charge in [0, 0.05) is 17.3 Å². The number of benzene rings is 1. The van der Waals surface area contributed by atoms with Crippen molar-refractivity contribution in [3.8, 4) is 0 Å². The van der Waals surface area contributed by atoms with Crippen LogP contribution in [0, 0.1) is 0 Å². The summed E-state index contributed by atoms with van der Waals surface area (Å²) in [5, 5.41) is 2.66. The van der Waals surface area contributed by atoms with Crippen LogP contribution in [0.1, 0.15) is 18.4 Å². The third kappa shape index (κ3) is 1.51. The number of cyclic esters (lactones) is 1. The molecule has 3 N–H and O–H groups in total. The molecule has 0 fully saturated rings. The van der Waals surface area contributed by atoms with E-state index in [1.165, 1.54) is 0 Å². The molecule has 0 aromatic heterocycles. The number of carbonyl (C=O) groups excluding carboxylic acids is 1. The van der Waals surface area contributed by atoms with Crippen LogP contribution in [0.5, 0.6) is 0 Å².